The largest absolute Gasteiger partial charge is 0.755 e. The predicted molar refractivity (Wildman–Crippen MR) is 111 cm³/mol. The molecule has 1 atom stereocenters. The average Bonchev–Trinajstić information content (AvgIpc) is 3.19. The highest BCUT2D eigenvalue weighted by Gasteiger charge is 2.08. The van der Waals surface area contributed by atoms with Crippen molar-refractivity contribution in [3.05, 3.63) is 84.2 Å². The van der Waals surface area contributed by atoms with Crippen LogP contribution >= 0.6 is 11.3 Å². The third kappa shape index (κ3) is 4.14. The van der Waals surface area contributed by atoms with Gasteiger partial charge in [0.1, 0.15) is 5.01 Å². The van der Waals surface area contributed by atoms with Gasteiger partial charge in [-0.05, 0) is 29.3 Å². The fourth-order valence-electron chi connectivity index (χ4n) is 2.84. The Morgan fingerprint density at radius 1 is 0.815 bits per heavy atom. The summed E-state index contributed by atoms with van der Waals surface area (Å²) in [5.41, 5.74) is 5.53. The van der Waals surface area contributed by atoms with Crippen LogP contribution < -0.4 is 4.72 Å². The number of nitrogens with zero attached hydrogens (tertiary/aromatic N) is 1. The molecule has 134 valence electrons. The smallest absolute Gasteiger partial charge is 0.124 e. The van der Waals surface area contributed by atoms with Crippen molar-refractivity contribution in [2.75, 3.05) is 4.72 Å². The van der Waals surface area contributed by atoms with Crippen molar-refractivity contribution in [2.45, 2.75) is 0 Å². The third-order valence-electron chi connectivity index (χ3n) is 4.08. The zero-order chi connectivity index (χ0) is 18.6. The van der Waals surface area contributed by atoms with Gasteiger partial charge in [0.15, 0.2) is 0 Å². The van der Waals surface area contributed by atoms with Gasteiger partial charge in [-0.25, -0.2) is 4.98 Å². The molecule has 0 radical (unpaired) electrons. The van der Waals surface area contributed by atoms with Crippen LogP contribution in [0.4, 0.5) is 5.69 Å². The Bertz CT molecular complexity index is 1090. The van der Waals surface area contributed by atoms with E-state index in [2.05, 4.69) is 28.3 Å². The zero-order valence-corrected chi connectivity index (χ0v) is 15.8. The standard InChI is InChI=1S/C21H16N2O2S2/c24-27(25)23-19-11-5-9-17(13-19)16-8-4-10-18(12-16)20-14-26-21(22-20)15-6-2-1-3-7-15/h1-14,23H,(H,24,25)/p-1. The molecule has 0 aliphatic rings. The molecule has 3 aromatic carbocycles. The van der Waals surface area contributed by atoms with Crippen LogP contribution in [0.3, 0.4) is 0 Å². The first-order chi connectivity index (χ1) is 13.2. The van der Waals surface area contributed by atoms with Crippen LogP contribution in [0.2, 0.25) is 0 Å². The molecule has 4 rings (SSSR count). The zero-order valence-electron chi connectivity index (χ0n) is 14.2. The SMILES string of the molecule is O=S([O-])Nc1cccc(-c2cccc(-c3csc(-c4ccccc4)n3)c2)c1. The summed E-state index contributed by atoms with van der Waals surface area (Å²) in [4.78, 5) is 4.77. The molecule has 0 aliphatic heterocycles. The van der Waals surface area contributed by atoms with Gasteiger partial charge in [-0.1, -0.05) is 60.7 Å². The van der Waals surface area contributed by atoms with E-state index in [0.29, 0.717) is 5.69 Å². The number of benzene rings is 3. The highest BCUT2D eigenvalue weighted by atomic mass is 32.2. The van der Waals surface area contributed by atoms with Gasteiger partial charge in [0, 0.05) is 33.5 Å². The minimum Gasteiger partial charge on any atom is -0.755 e. The van der Waals surface area contributed by atoms with E-state index in [0.717, 1.165) is 33.0 Å². The van der Waals surface area contributed by atoms with Gasteiger partial charge in [0.25, 0.3) is 0 Å². The van der Waals surface area contributed by atoms with Gasteiger partial charge in [-0.15, -0.1) is 11.3 Å². The first-order valence-corrected chi connectivity index (χ1v) is 10.2. The monoisotopic (exact) mass is 391 g/mol. The first kappa shape index (κ1) is 17.6. The minimum absolute atomic E-state index is 0.534. The lowest BCUT2D eigenvalue weighted by Gasteiger charge is -2.10. The van der Waals surface area contributed by atoms with E-state index in [4.69, 9.17) is 4.98 Å². The second kappa shape index (κ2) is 7.84. The second-order valence-electron chi connectivity index (χ2n) is 5.90. The normalized spacial score (nSPS) is 11.9. The van der Waals surface area contributed by atoms with E-state index >= 15 is 0 Å². The molecule has 0 amide bonds. The van der Waals surface area contributed by atoms with E-state index in [-0.39, 0.29) is 0 Å². The van der Waals surface area contributed by atoms with Crippen LogP contribution in [0.15, 0.2) is 84.2 Å². The maximum Gasteiger partial charge on any atom is 0.124 e. The molecular formula is C21H15N2O2S2-. The average molecular weight is 391 g/mol. The Morgan fingerprint density at radius 3 is 2.26 bits per heavy atom. The van der Waals surface area contributed by atoms with E-state index in [9.17, 15) is 8.76 Å². The molecule has 0 spiro atoms. The number of hydrogen-bond acceptors (Lipinski definition) is 4. The number of aromatic nitrogens is 1. The number of nitrogens with one attached hydrogen (secondary N) is 1. The van der Waals surface area contributed by atoms with Crippen molar-refractivity contribution < 1.29 is 8.76 Å². The van der Waals surface area contributed by atoms with Gasteiger partial charge in [-0.3, -0.25) is 4.21 Å². The van der Waals surface area contributed by atoms with Crippen LogP contribution in [-0.4, -0.2) is 13.7 Å². The van der Waals surface area contributed by atoms with Crippen LogP contribution in [0.1, 0.15) is 0 Å². The topological polar surface area (TPSA) is 65.0 Å². The summed E-state index contributed by atoms with van der Waals surface area (Å²) in [7, 11) is 0. The number of thiazole rings is 1. The number of anilines is 1. The number of rotatable bonds is 5. The Hall–Kier alpha value is -2.80. The summed E-state index contributed by atoms with van der Waals surface area (Å²) in [5.74, 6) is 0. The molecule has 4 nitrogen and oxygen atoms in total. The fraction of sp³-hybridized carbons (Fsp3) is 0. The summed E-state index contributed by atoms with van der Waals surface area (Å²) in [5, 5.41) is 3.04. The van der Waals surface area contributed by atoms with Gasteiger partial charge >= 0.3 is 0 Å². The summed E-state index contributed by atoms with van der Waals surface area (Å²) in [6, 6.07) is 25.5. The van der Waals surface area contributed by atoms with Crippen molar-refractivity contribution in [3.8, 4) is 33.0 Å². The maximum atomic E-state index is 10.9. The van der Waals surface area contributed by atoms with E-state index in [1.54, 1.807) is 17.4 Å². The van der Waals surface area contributed by atoms with Crippen molar-refractivity contribution in [1.29, 1.82) is 0 Å². The van der Waals surface area contributed by atoms with Crippen molar-refractivity contribution >= 4 is 28.3 Å². The molecule has 0 aliphatic carbocycles. The van der Waals surface area contributed by atoms with Gasteiger partial charge in [0.05, 0.1) is 5.69 Å². The van der Waals surface area contributed by atoms with Crippen molar-refractivity contribution in [3.63, 3.8) is 0 Å². The molecule has 6 heteroatoms. The molecule has 4 aromatic rings. The van der Waals surface area contributed by atoms with Crippen molar-refractivity contribution in [1.82, 2.24) is 4.98 Å². The van der Waals surface area contributed by atoms with Gasteiger partial charge < -0.3 is 9.27 Å². The fourth-order valence-corrected chi connectivity index (χ4v) is 3.99. The van der Waals surface area contributed by atoms with Gasteiger partial charge in [-0.2, -0.15) is 0 Å². The van der Waals surface area contributed by atoms with Crippen molar-refractivity contribution in [2.24, 2.45) is 0 Å². The van der Waals surface area contributed by atoms with E-state index < -0.39 is 11.3 Å². The molecule has 1 N–H and O–H groups in total. The van der Waals surface area contributed by atoms with E-state index in [1.807, 2.05) is 54.6 Å². The van der Waals surface area contributed by atoms with E-state index in [1.165, 1.54) is 0 Å². The maximum absolute atomic E-state index is 10.9. The molecule has 1 heterocycles. The lowest BCUT2D eigenvalue weighted by Crippen LogP contribution is -2.01. The number of hydrogen-bond donors (Lipinski definition) is 1. The molecule has 0 fully saturated rings. The molecule has 1 aromatic heterocycles. The Balaban J connectivity index is 1.66. The van der Waals surface area contributed by atoms with Crippen LogP contribution in [0.25, 0.3) is 33.0 Å². The molecule has 27 heavy (non-hydrogen) atoms. The lowest BCUT2D eigenvalue weighted by molar-refractivity contribution is 0.542. The van der Waals surface area contributed by atoms with Crippen LogP contribution in [-0.2, 0) is 11.3 Å². The first-order valence-electron chi connectivity index (χ1n) is 8.27. The minimum atomic E-state index is -2.34. The lowest BCUT2D eigenvalue weighted by atomic mass is 10.0. The molecule has 0 bridgehead atoms. The Labute approximate surface area is 164 Å². The third-order valence-corrected chi connectivity index (χ3v) is 5.37. The molecular weight excluding hydrogens is 376 g/mol. The summed E-state index contributed by atoms with van der Waals surface area (Å²) in [6.45, 7) is 0. The molecule has 0 saturated carbocycles. The van der Waals surface area contributed by atoms with Crippen LogP contribution in [0, 0.1) is 0 Å². The van der Waals surface area contributed by atoms with Crippen LogP contribution in [0.5, 0.6) is 0 Å². The highest BCUT2D eigenvalue weighted by molar-refractivity contribution is 7.80. The van der Waals surface area contributed by atoms with Gasteiger partial charge in [0.2, 0.25) is 0 Å². The Kier molecular flexibility index (Phi) is 5.11. The highest BCUT2D eigenvalue weighted by Crippen LogP contribution is 2.31. The summed E-state index contributed by atoms with van der Waals surface area (Å²) < 4.78 is 24.1. The summed E-state index contributed by atoms with van der Waals surface area (Å²) in [6.07, 6.45) is 0. The summed E-state index contributed by atoms with van der Waals surface area (Å²) >= 11 is -0.721. The quantitative estimate of drug-likeness (QED) is 0.466. The Morgan fingerprint density at radius 2 is 1.48 bits per heavy atom. The molecule has 1 unspecified atom stereocenters. The predicted octanol–water partition coefficient (Wildman–Crippen LogP) is 5.35. The second-order valence-corrected chi connectivity index (χ2v) is 7.43. The molecule has 0 saturated heterocycles.